The van der Waals surface area contributed by atoms with E-state index in [9.17, 15) is 15.0 Å². The highest BCUT2D eigenvalue weighted by molar-refractivity contribution is 5.66. The van der Waals surface area contributed by atoms with Gasteiger partial charge in [0, 0.05) is 19.3 Å². The number of aliphatic hydroxyl groups is 2. The van der Waals surface area contributed by atoms with E-state index in [4.69, 9.17) is 5.11 Å². The number of carbonyl (C=O) groups is 1. The summed E-state index contributed by atoms with van der Waals surface area (Å²) in [4.78, 5) is 10.4. The second-order valence-electron chi connectivity index (χ2n) is 6.52. The van der Waals surface area contributed by atoms with Crippen molar-refractivity contribution in [2.45, 2.75) is 109 Å². The summed E-state index contributed by atoms with van der Waals surface area (Å²) in [6.45, 7) is 2.22. The number of unbranched alkanes of at least 4 members (excludes halogenated alkanes) is 10. The zero-order valence-corrected chi connectivity index (χ0v) is 14.4. The minimum Gasteiger partial charge on any atom is -0.481 e. The molecule has 0 fully saturated rings. The maximum absolute atomic E-state index is 10.4. The summed E-state index contributed by atoms with van der Waals surface area (Å²) in [5.41, 5.74) is 0. The number of carboxylic acids is 1. The van der Waals surface area contributed by atoms with E-state index in [1.165, 1.54) is 44.9 Å². The molecule has 0 heterocycles. The van der Waals surface area contributed by atoms with Crippen LogP contribution in [0.1, 0.15) is 103 Å². The lowest BCUT2D eigenvalue weighted by atomic mass is 9.99. The van der Waals surface area contributed by atoms with E-state index in [1.807, 2.05) is 0 Å². The van der Waals surface area contributed by atoms with E-state index in [0.717, 1.165) is 19.3 Å². The lowest BCUT2D eigenvalue weighted by Crippen LogP contribution is -2.27. The highest BCUT2D eigenvalue weighted by atomic mass is 16.5. The second kappa shape index (κ2) is 14.0. The predicted molar refractivity (Wildman–Crippen MR) is 89.7 cm³/mol. The van der Waals surface area contributed by atoms with Crippen molar-refractivity contribution in [2.75, 3.05) is 0 Å². The van der Waals surface area contributed by atoms with Crippen LogP contribution in [0, 0.1) is 0 Å². The molecule has 0 amide bonds. The maximum Gasteiger partial charge on any atom is 0.303 e. The van der Waals surface area contributed by atoms with Gasteiger partial charge in [-0.25, -0.2) is 0 Å². The summed E-state index contributed by atoms with van der Waals surface area (Å²) >= 11 is 0. The van der Waals surface area contributed by atoms with Crippen molar-refractivity contribution in [3.8, 4) is 0 Å². The van der Waals surface area contributed by atoms with Crippen molar-refractivity contribution in [2.24, 2.45) is 0 Å². The first-order valence-corrected chi connectivity index (χ1v) is 9.14. The van der Waals surface area contributed by atoms with E-state index in [1.54, 1.807) is 0 Å². The molecule has 4 heteroatoms. The van der Waals surface area contributed by atoms with Crippen LogP contribution in [0.25, 0.3) is 0 Å². The minimum atomic E-state index is -1.57. The predicted octanol–water partition coefficient (Wildman–Crippen LogP) is 4.62. The first-order chi connectivity index (χ1) is 10.5. The van der Waals surface area contributed by atoms with Gasteiger partial charge in [0.1, 0.15) is 0 Å². The Morgan fingerprint density at radius 2 is 1.14 bits per heavy atom. The zero-order valence-electron chi connectivity index (χ0n) is 14.4. The quantitative estimate of drug-likeness (QED) is 0.287. The van der Waals surface area contributed by atoms with E-state index >= 15 is 0 Å². The van der Waals surface area contributed by atoms with Crippen LogP contribution < -0.4 is 0 Å². The van der Waals surface area contributed by atoms with Gasteiger partial charge in [0.05, 0.1) is 0 Å². The lowest BCUT2D eigenvalue weighted by molar-refractivity contribution is -0.172. The third-order valence-corrected chi connectivity index (χ3v) is 4.15. The van der Waals surface area contributed by atoms with Gasteiger partial charge in [0.15, 0.2) is 5.79 Å². The van der Waals surface area contributed by atoms with Crippen molar-refractivity contribution in [1.29, 1.82) is 0 Å². The van der Waals surface area contributed by atoms with E-state index in [0.29, 0.717) is 25.7 Å². The van der Waals surface area contributed by atoms with Crippen LogP contribution in [0.2, 0.25) is 0 Å². The molecule has 0 aromatic rings. The molecule has 132 valence electrons. The number of aliphatic carboxylic acids is 1. The van der Waals surface area contributed by atoms with Crippen LogP contribution >= 0.6 is 0 Å². The molecule has 0 atom stereocenters. The molecule has 0 rings (SSSR count). The molecule has 22 heavy (non-hydrogen) atoms. The molecule has 0 aliphatic rings. The molecule has 0 saturated heterocycles. The minimum absolute atomic E-state index is 0.169. The smallest absolute Gasteiger partial charge is 0.303 e. The van der Waals surface area contributed by atoms with Gasteiger partial charge in [-0.15, -0.1) is 0 Å². The van der Waals surface area contributed by atoms with Gasteiger partial charge in [0.2, 0.25) is 0 Å². The van der Waals surface area contributed by atoms with Crippen LogP contribution in [-0.2, 0) is 4.79 Å². The third kappa shape index (κ3) is 15.8. The fraction of sp³-hybridized carbons (Fsp3) is 0.944. The standard InChI is InChI=1S/C18H36O4/c1-2-3-4-5-6-7-8-9-12-15-18(21,22)16-13-10-11-14-17(19)20/h21-22H,2-16H2,1H3,(H,19,20). The Bertz CT molecular complexity index is 264. The van der Waals surface area contributed by atoms with Crippen molar-refractivity contribution in [1.82, 2.24) is 0 Å². The monoisotopic (exact) mass is 316 g/mol. The van der Waals surface area contributed by atoms with Crippen molar-refractivity contribution in [3.63, 3.8) is 0 Å². The SMILES string of the molecule is CCCCCCCCCCCC(O)(O)CCCCCC(=O)O. The molecular formula is C18H36O4. The van der Waals surface area contributed by atoms with Crippen molar-refractivity contribution < 1.29 is 20.1 Å². The average molecular weight is 316 g/mol. The van der Waals surface area contributed by atoms with E-state index in [2.05, 4.69) is 6.92 Å². The summed E-state index contributed by atoms with van der Waals surface area (Å²) in [5, 5.41) is 28.2. The molecule has 0 aliphatic carbocycles. The van der Waals surface area contributed by atoms with Crippen LogP contribution in [0.15, 0.2) is 0 Å². The molecule has 0 aromatic carbocycles. The molecule has 0 radical (unpaired) electrons. The van der Waals surface area contributed by atoms with Gasteiger partial charge in [-0.2, -0.15) is 0 Å². The Kier molecular flexibility index (Phi) is 13.6. The summed E-state index contributed by atoms with van der Waals surface area (Å²) in [6.07, 6.45) is 13.9. The van der Waals surface area contributed by atoms with Crippen LogP contribution in [0.3, 0.4) is 0 Å². The van der Waals surface area contributed by atoms with Gasteiger partial charge >= 0.3 is 5.97 Å². The van der Waals surface area contributed by atoms with Crippen LogP contribution in [-0.4, -0.2) is 27.1 Å². The van der Waals surface area contributed by atoms with Gasteiger partial charge in [-0.3, -0.25) is 4.79 Å². The Morgan fingerprint density at radius 3 is 1.59 bits per heavy atom. The summed E-state index contributed by atoms with van der Waals surface area (Å²) in [6, 6.07) is 0. The van der Waals surface area contributed by atoms with E-state index in [-0.39, 0.29) is 6.42 Å². The number of rotatable bonds is 16. The Hall–Kier alpha value is -0.610. The Morgan fingerprint density at radius 1 is 0.727 bits per heavy atom. The molecule has 0 bridgehead atoms. The lowest BCUT2D eigenvalue weighted by Gasteiger charge is -2.21. The second-order valence-corrected chi connectivity index (χ2v) is 6.52. The number of carboxylic acid groups (broad SMARTS) is 1. The molecule has 0 saturated carbocycles. The normalized spacial score (nSPS) is 11.8. The topological polar surface area (TPSA) is 77.8 Å². The zero-order chi connectivity index (χ0) is 16.7. The molecule has 0 spiro atoms. The number of hydrogen-bond donors (Lipinski definition) is 3. The van der Waals surface area contributed by atoms with Gasteiger partial charge in [0.25, 0.3) is 0 Å². The highest BCUT2D eigenvalue weighted by Crippen LogP contribution is 2.20. The fourth-order valence-corrected chi connectivity index (χ4v) is 2.70. The summed E-state index contributed by atoms with van der Waals surface area (Å²) in [7, 11) is 0. The first-order valence-electron chi connectivity index (χ1n) is 9.14. The van der Waals surface area contributed by atoms with Gasteiger partial charge in [-0.05, 0) is 19.3 Å². The van der Waals surface area contributed by atoms with Crippen molar-refractivity contribution in [3.05, 3.63) is 0 Å². The average Bonchev–Trinajstić information content (AvgIpc) is 2.44. The molecule has 4 nitrogen and oxygen atoms in total. The summed E-state index contributed by atoms with van der Waals surface area (Å²) in [5.74, 6) is -2.35. The molecule has 0 aliphatic heterocycles. The molecule has 0 aromatic heterocycles. The third-order valence-electron chi connectivity index (χ3n) is 4.15. The fourth-order valence-electron chi connectivity index (χ4n) is 2.70. The molecule has 3 N–H and O–H groups in total. The van der Waals surface area contributed by atoms with Crippen LogP contribution in [0.5, 0.6) is 0 Å². The largest absolute Gasteiger partial charge is 0.481 e. The molecule has 0 unspecified atom stereocenters. The maximum atomic E-state index is 10.4. The Balaban J connectivity index is 3.38. The van der Waals surface area contributed by atoms with Gasteiger partial charge in [-0.1, -0.05) is 64.7 Å². The highest BCUT2D eigenvalue weighted by Gasteiger charge is 2.21. The van der Waals surface area contributed by atoms with Crippen LogP contribution in [0.4, 0.5) is 0 Å². The van der Waals surface area contributed by atoms with Gasteiger partial charge < -0.3 is 15.3 Å². The van der Waals surface area contributed by atoms with E-state index < -0.39 is 11.8 Å². The first kappa shape index (κ1) is 21.4. The number of hydrogen-bond acceptors (Lipinski definition) is 3. The Labute approximate surface area is 135 Å². The molecular weight excluding hydrogens is 280 g/mol. The van der Waals surface area contributed by atoms with Crippen molar-refractivity contribution >= 4 is 5.97 Å². The summed E-state index contributed by atoms with van der Waals surface area (Å²) < 4.78 is 0.